The number of benzene rings is 1. The number of carbonyl (C=O) groups excluding carboxylic acids is 2. The molecule has 0 unspecified atom stereocenters. The third kappa shape index (κ3) is 3.64. The van der Waals surface area contributed by atoms with Gasteiger partial charge in [-0.2, -0.15) is 5.10 Å². The first-order valence-corrected chi connectivity index (χ1v) is 9.56. The number of hydrogen-bond acceptors (Lipinski definition) is 4. The van der Waals surface area contributed by atoms with Crippen LogP contribution in [-0.4, -0.2) is 70.7 Å². The van der Waals surface area contributed by atoms with Crippen molar-refractivity contribution in [2.45, 2.75) is 5.92 Å². The van der Waals surface area contributed by atoms with Gasteiger partial charge >= 0.3 is 0 Å². The third-order valence-corrected chi connectivity index (χ3v) is 5.63. The molecule has 0 saturated carbocycles. The van der Waals surface area contributed by atoms with Gasteiger partial charge in [0.25, 0.3) is 5.91 Å². The van der Waals surface area contributed by atoms with E-state index in [1.807, 2.05) is 24.3 Å². The minimum absolute atomic E-state index is 0.116. The molecule has 1 aromatic carbocycles. The van der Waals surface area contributed by atoms with E-state index in [0.717, 1.165) is 12.1 Å². The zero-order valence-electron chi connectivity index (χ0n) is 15.8. The van der Waals surface area contributed by atoms with E-state index < -0.39 is 5.82 Å². The summed E-state index contributed by atoms with van der Waals surface area (Å²) in [6, 6.07) is 5.73. The number of aryl methyl sites for hydroxylation is 1. The van der Waals surface area contributed by atoms with Gasteiger partial charge in [0.05, 0.1) is 12.1 Å². The maximum Gasteiger partial charge on any atom is 0.254 e. The number of hydrogen-bond donors (Lipinski definition) is 1. The van der Waals surface area contributed by atoms with Gasteiger partial charge in [0.1, 0.15) is 5.82 Å². The number of amides is 2. The summed E-state index contributed by atoms with van der Waals surface area (Å²) in [6.45, 7) is 3.32. The number of aromatic nitrogens is 2. The molecule has 1 N–H and O–H groups in total. The average molecular weight is 385 g/mol. The van der Waals surface area contributed by atoms with E-state index in [1.54, 1.807) is 15.6 Å². The van der Waals surface area contributed by atoms with Crippen molar-refractivity contribution >= 4 is 11.8 Å². The lowest BCUT2D eigenvalue weighted by Crippen LogP contribution is -2.52. The highest BCUT2D eigenvalue weighted by atomic mass is 19.1. The van der Waals surface area contributed by atoms with Crippen molar-refractivity contribution < 1.29 is 14.0 Å². The minimum Gasteiger partial charge on any atom is -0.339 e. The summed E-state index contributed by atoms with van der Waals surface area (Å²) in [5, 5.41) is 7.54. The fraction of sp³-hybridized carbons (Fsp3) is 0.450. The summed E-state index contributed by atoms with van der Waals surface area (Å²) >= 11 is 0. The molecule has 2 saturated heterocycles. The number of nitrogens with one attached hydrogen (secondary N) is 1. The van der Waals surface area contributed by atoms with E-state index >= 15 is 0 Å². The van der Waals surface area contributed by atoms with E-state index in [2.05, 4.69) is 10.4 Å². The van der Waals surface area contributed by atoms with Crippen LogP contribution >= 0.6 is 0 Å². The predicted molar refractivity (Wildman–Crippen MR) is 101 cm³/mol. The molecule has 0 spiro atoms. The Hall–Kier alpha value is -2.74. The summed E-state index contributed by atoms with van der Waals surface area (Å²) in [5.41, 5.74) is 1.42. The molecule has 7 nitrogen and oxygen atoms in total. The molecule has 0 bridgehead atoms. The second kappa shape index (κ2) is 7.71. The predicted octanol–water partition coefficient (Wildman–Crippen LogP) is 0.847. The molecule has 2 aliphatic rings. The van der Waals surface area contributed by atoms with E-state index in [1.165, 1.54) is 18.2 Å². The summed E-state index contributed by atoms with van der Waals surface area (Å²) in [5.74, 6) is -0.489. The first-order valence-electron chi connectivity index (χ1n) is 9.56. The quantitative estimate of drug-likeness (QED) is 0.850. The van der Waals surface area contributed by atoms with E-state index in [4.69, 9.17) is 0 Å². The fourth-order valence-electron chi connectivity index (χ4n) is 4.09. The van der Waals surface area contributed by atoms with Crippen molar-refractivity contribution in [3.8, 4) is 0 Å². The minimum atomic E-state index is -0.421. The lowest BCUT2D eigenvalue weighted by atomic mass is 9.89. The third-order valence-electron chi connectivity index (χ3n) is 5.63. The Morgan fingerprint density at radius 3 is 2.57 bits per heavy atom. The van der Waals surface area contributed by atoms with Crippen LogP contribution in [0.1, 0.15) is 21.8 Å². The van der Waals surface area contributed by atoms with Gasteiger partial charge in [-0.25, -0.2) is 4.39 Å². The molecule has 3 heterocycles. The first-order chi connectivity index (χ1) is 13.5. The number of nitrogens with zero attached hydrogens (tertiary/aromatic N) is 4. The largest absolute Gasteiger partial charge is 0.339 e. The van der Waals surface area contributed by atoms with Gasteiger partial charge in [0.15, 0.2) is 0 Å². The van der Waals surface area contributed by atoms with Crippen LogP contribution in [0.2, 0.25) is 0 Å². The Morgan fingerprint density at radius 2 is 1.89 bits per heavy atom. The average Bonchev–Trinajstić information content (AvgIpc) is 3.36. The molecule has 2 aromatic rings. The Labute approximate surface area is 163 Å². The summed E-state index contributed by atoms with van der Waals surface area (Å²) in [6.07, 6.45) is 3.79. The molecule has 148 valence electrons. The van der Waals surface area contributed by atoms with Crippen molar-refractivity contribution in [1.29, 1.82) is 0 Å². The molecule has 28 heavy (non-hydrogen) atoms. The van der Waals surface area contributed by atoms with Gasteiger partial charge in [0.2, 0.25) is 5.91 Å². The maximum atomic E-state index is 13.4. The van der Waals surface area contributed by atoms with Gasteiger partial charge in [0, 0.05) is 64.0 Å². The summed E-state index contributed by atoms with van der Waals surface area (Å²) in [4.78, 5) is 29.2. The molecule has 2 atom stereocenters. The van der Waals surface area contributed by atoms with Crippen molar-refractivity contribution in [2.75, 3.05) is 39.3 Å². The summed E-state index contributed by atoms with van der Waals surface area (Å²) < 4.78 is 15.1. The molecular formula is C20H24FN5O2. The molecule has 0 aliphatic carbocycles. The fourth-order valence-corrected chi connectivity index (χ4v) is 4.09. The first kappa shape index (κ1) is 18.6. The normalized spacial score (nSPS) is 22.5. The zero-order valence-corrected chi connectivity index (χ0v) is 15.8. The van der Waals surface area contributed by atoms with Crippen LogP contribution in [0.3, 0.4) is 0 Å². The van der Waals surface area contributed by atoms with Gasteiger partial charge in [-0.15, -0.1) is 0 Å². The van der Waals surface area contributed by atoms with Crippen molar-refractivity contribution in [3.63, 3.8) is 0 Å². The van der Waals surface area contributed by atoms with Gasteiger partial charge in [-0.1, -0.05) is 6.07 Å². The topological polar surface area (TPSA) is 70.5 Å². The van der Waals surface area contributed by atoms with Gasteiger partial charge < -0.3 is 15.1 Å². The standard InChI is InChI=1S/C20H24FN5O2/c1-24-13-15(10-23-24)17-11-22-12-18(17)20(28)26-7-5-25(6-8-26)19(27)14-3-2-4-16(21)9-14/h2-4,9-10,13,17-18,22H,5-8,11-12H2,1H3/t17-,18+/m1/s1. The number of carbonyl (C=O) groups is 2. The molecule has 8 heteroatoms. The van der Waals surface area contributed by atoms with Crippen LogP contribution in [0, 0.1) is 11.7 Å². The van der Waals surface area contributed by atoms with Crippen molar-refractivity contribution in [3.05, 3.63) is 53.6 Å². The van der Waals surface area contributed by atoms with Crippen LogP contribution in [-0.2, 0) is 11.8 Å². The molecule has 2 fully saturated rings. The monoisotopic (exact) mass is 385 g/mol. The zero-order chi connectivity index (χ0) is 19.7. The molecule has 2 amide bonds. The smallest absolute Gasteiger partial charge is 0.254 e. The second-order valence-electron chi connectivity index (χ2n) is 7.45. The Kier molecular flexibility index (Phi) is 5.13. The van der Waals surface area contributed by atoms with E-state index in [9.17, 15) is 14.0 Å². The van der Waals surface area contributed by atoms with Crippen LogP contribution in [0.5, 0.6) is 0 Å². The van der Waals surface area contributed by atoms with Crippen molar-refractivity contribution in [1.82, 2.24) is 24.9 Å². The molecule has 2 aliphatic heterocycles. The van der Waals surface area contributed by atoms with E-state index in [0.29, 0.717) is 38.3 Å². The van der Waals surface area contributed by atoms with Gasteiger partial charge in [-0.05, 0) is 23.8 Å². The van der Waals surface area contributed by atoms with E-state index in [-0.39, 0.29) is 23.7 Å². The molecular weight excluding hydrogens is 361 g/mol. The van der Waals surface area contributed by atoms with Crippen LogP contribution in [0.4, 0.5) is 4.39 Å². The van der Waals surface area contributed by atoms with Crippen molar-refractivity contribution in [2.24, 2.45) is 13.0 Å². The second-order valence-corrected chi connectivity index (χ2v) is 7.45. The Balaban J connectivity index is 1.38. The maximum absolute atomic E-state index is 13.4. The molecule has 1 aromatic heterocycles. The number of piperazine rings is 1. The number of halogens is 1. The Morgan fingerprint density at radius 1 is 1.14 bits per heavy atom. The highest BCUT2D eigenvalue weighted by molar-refractivity contribution is 5.94. The molecule has 0 radical (unpaired) electrons. The van der Waals surface area contributed by atoms with Crippen LogP contribution in [0.25, 0.3) is 0 Å². The van der Waals surface area contributed by atoms with Crippen LogP contribution in [0.15, 0.2) is 36.7 Å². The summed E-state index contributed by atoms with van der Waals surface area (Å²) in [7, 11) is 1.87. The number of rotatable bonds is 3. The lowest BCUT2D eigenvalue weighted by Gasteiger charge is -2.36. The highest BCUT2D eigenvalue weighted by Crippen LogP contribution is 2.29. The van der Waals surface area contributed by atoms with Gasteiger partial charge in [-0.3, -0.25) is 14.3 Å². The highest BCUT2D eigenvalue weighted by Gasteiger charge is 2.38. The Bertz CT molecular complexity index is 875. The van der Waals surface area contributed by atoms with Crippen LogP contribution < -0.4 is 5.32 Å². The molecule has 4 rings (SSSR count). The SMILES string of the molecule is Cn1cc([C@H]2CNC[C@@H]2C(=O)N2CCN(C(=O)c3cccc(F)c3)CC2)cn1. The lowest BCUT2D eigenvalue weighted by molar-refractivity contribution is -0.136.